The summed E-state index contributed by atoms with van der Waals surface area (Å²) < 4.78 is 56.5. The first-order valence-corrected chi connectivity index (χ1v) is 20.5. The molecule has 0 aromatic heterocycles. The van der Waals surface area contributed by atoms with E-state index in [-0.39, 0.29) is 6.42 Å². The Bertz CT molecular complexity index is 1410. The molecule has 0 N–H and O–H groups in total. The third-order valence-electron chi connectivity index (χ3n) is 9.43. The lowest BCUT2D eigenvalue weighted by molar-refractivity contribution is -0.326. The highest BCUT2D eigenvalue weighted by atomic mass is 16.7. The largest absolute Gasteiger partial charge is 0.456 e. The summed E-state index contributed by atoms with van der Waals surface area (Å²) in [6, 6.07) is 0. The molecule has 2 fully saturated rings. The summed E-state index contributed by atoms with van der Waals surface area (Å²) >= 11 is 0. The van der Waals surface area contributed by atoms with Crippen LogP contribution in [0.25, 0.3) is 0 Å². The van der Waals surface area contributed by atoms with Gasteiger partial charge in [0.1, 0.15) is 6.10 Å². The molecule has 1 saturated carbocycles. The minimum absolute atomic E-state index is 0.0930. The standard InChI is InChI=1S/C41H64O18/c1-23(2)20-18-16-14-12-10-11-13-15-17-19-21-32(49)58-38-36(55-28(7)46)34(53-26(5)44)35(54-27(6)45)37(56-29(8)47)39(38)59-41-40(57-30(9)48)33(52-25(4)43)31(22-50-41)51-24(3)42/h23,31,33-41H,10-22H2,1-9H3/t31-,33+,34+,35+,36-,37-,38-,39+,40+,41+/m1/s1. The summed E-state index contributed by atoms with van der Waals surface area (Å²) in [4.78, 5) is 100. The Kier molecular flexibility index (Phi) is 22.4. The van der Waals surface area contributed by atoms with Gasteiger partial charge in [-0.15, -0.1) is 0 Å². The van der Waals surface area contributed by atoms with Crippen molar-refractivity contribution in [3.63, 3.8) is 0 Å². The second kappa shape index (κ2) is 26.0. The van der Waals surface area contributed by atoms with E-state index in [2.05, 4.69) is 13.8 Å². The van der Waals surface area contributed by atoms with Crippen molar-refractivity contribution in [2.24, 2.45) is 5.92 Å². The predicted octanol–water partition coefficient (Wildman–Crippen LogP) is 4.51. The summed E-state index contributed by atoms with van der Waals surface area (Å²) in [7, 11) is 0. The van der Waals surface area contributed by atoms with Gasteiger partial charge in [0.15, 0.2) is 55.1 Å². The van der Waals surface area contributed by atoms with Crippen LogP contribution < -0.4 is 0 Å². The molecule has 2 rings (SSSR count). The van der Waals surface area contributed by atoms with Crippen molar-refractivity contribution >= 4 is 47.8 Å². The fraction of sp³-hybridized carbons (Fsp3) is 0.805. The molecule has 0 amide bonds. The average Bonchev–Trinajstić information content (AvgIpc) is 3.10. The van der Waals surface area contributed by atoms with Crippen LogP contribution in [0.4, 0.5) is 0 Å². The summed E-state index contributed by atoms with van der Waals surface area (Å²) in [5.74, 6) is -6.34. The predicted molar refractivity (Wildman–Crippen MR) is 204 cm³/mol. The minimum atomic E-state index is -1.78. The molecule has 1 aliphatic heterocycles. The van der Waals surface area contributed by atoms with Gasteiger partial charge in [0.2, 0.25) is 0 Å². The van der Waals surface area contributed by atoms with Crippen LogP contribution in [0.15, 0.2) is 0 Å². The molecule has 0 bridgehead atoms. The van der Waals surface area contributed by atoms with Crippen LogP contribution in [0.1, 0.15) is 139 Å². The smallest absolute Gasteiger partial charge is 0.306 e. The van der Waals surface area contributed by atoms with Gasteiger partial charge in [0.25, 0.3) is 0 Å². The Morgan fingerprint density at radius 1 is 0.424 bits per heavy atom. The van der Waals surface area contributed by atoms with Gasteiger partial charge in [-0.05, 0) is 12.3 Å². The SMILES string of the molecule is CC(=O)O[C@H]1[C@H](OC(C)=O)[C@@H](OC(C)=O)[C@H](O[C@@H]2OC[C@@H](OC(C)=O)[C@H](OC(C)=O)[C@@H]2OC(C)=O)[C@H](OC(=O)CCCCCCCCCCCCC(C)C)[C@@H]1OC(C)=O. The van der Waals surface area contributed by atoms with Crippen molar-refractivity contribution in [3.05, 3.63) is 0 Å². The summed E-state index contributed by atoms with van der Waals surface area (Å²) in [5, 5.41) is 0. The quantitative estimate of drug-likeness (QED) is 0.0782. The van der Waals surface area contributed by atoms with Crippen molar-refractivity contribution < 1.29 is 85.7 Å². The van der Waals surface area contributed by atoms with Gasteiger partial charge in [-0.1, -0.05) is 78.1 Å². The summed E-state index contributed by atoms with van der Waals surface area (Å²) in [6.07, 6.45) is -5.40. The second-order valence-electron chi connectivity index (χ2n) is 15.3. The lowest BCUT2D eigenvalue weighted by Crippen LogP contribution is -2.70. The first-order chi connectivity index (χ1) is 27.8. The molecule has 18 nitrogen and oxygen atoms in total. The van der Waals surface area contributed by atoms with E-state index in [1.54, 1.807) is 0 Å². The Labute approximate surface area is 346 Å². The lowest BCUT2D eigenvalue weighted by atomic mass is 9.83. The Balaban J connectivity index is 2.47. The topological polar surface area (TPSA) is 229 Å². The van der Waals surface area contributed by atoms with Crippen molar-refractivity contribution in [2.75, 3.05) is 6.61 Å². The third kappa shape index (κ3) is 18.6. The number of hydrogen-bond donors (Lipinski definition) is 0. The first kappa shape index (κ1) is 50.8. The normalized spacial score (nSPS) is 26.5. The van der Waals surface area contributed by atoms with Crippen LogP contribution in [0.3, 0.4) is 0 Å². The molecule has 0 spiro atoms. The number of hydrogen-bond acceptors (Lipinski definition) is 18. The van der Waals surface area contributed by atoms with Gasteiger partial charge in [-0.2, -0.15) is 0 Å². The van der Waals surface area contributed by atoms with E-state index in [0.29, 0.717) is 12.8 Å². The number of ether oxygens (including phenoxy) is 10. The highest BCUT2D eigenvalue weighted by Crippen LogP contribution is 2.37. The van der Waals surface area contributed by atoms with E-state index in [1.165, 1.54) is 32.1 Å². The number of rotatable bonds is 23. The minimum Gasteiger partial charge on any atom is -0.456 e. The lowest BCUT2D eigenvalue weighted by Gasteiger charge is -2.49. The number of carbonyl (C=O) groups excluding carboxylic acids is 8. The van der Waals surface area contributed by atoms with Gasteiger partial charge >= 0.3 is 47.8 Å². The van der Waals surface area contributed by atoms with Crippen molar-refractivity contribution in [2.45, 2.75) is 201 Å². The Morgan fingerprint density at radius 2 is 0.763 bits per heavy atom. The first-order valence-electron chi connectivity index (χ1n) is 20.5. The molecule has 0 unspecified atom stereocenters. The second-order valence-corrected chi connectivity index (χ2v) is 15.3. The van der Waals surface area contributed by atoms with Gasteiger partial charge < -0.3 is 47.4 Å². The maximum absolute atomic E-state index is 13.6. The van der Waals surface area contributed by atoms with E-state index in [4.69, 9.17) is 47.4 Å². The molecule has 336 valence electrons. The van der Waals surface area contributed by atoms with Crippen LogP contribution in [-0.4, -0.2) is 116 Å². The van der Waals surface area contributed by atoms with Gasteiger partial charge in [0.05, 0.1) is 6.61 Å². The average molecular weight is 845 g/mol. The van der Waals surface area contributed by atoms with Gasteiger partial charge in [0, 0.05) is 54.9 Å². The summed E-state index contributed by atoms with van der Waals surface area (Å²) in [5.41, 5.74) is 0. The zero-order valence-corrected chi connectivity index (χ0v) is 35.9. The van der Waals surface area contributed by atoms with Crippen molar-refractivity contribution in [1.82, 2.24) is 0 Å². The molecule has 1 aliphatic carbocycles. The van der Waals surface area contributed by atoms with Crippen LogP contribution in [-0.2, 0) is 85.7 Å². The van der Waals surface area contributed by atoms with Crippen molar-refractivity contribution in [1.29, 1.82) is 0 Å². The molecular weight excluding hydrogens is 780 g/mol. The molecule has 10 atom stereocenters. The number of esters is 8. The number of unbranched alkanes of at least 4 members (excludes halogenated alkanes) is 9. The van der Waals surface area contributed by atoms with E-state index < -0.39 is 116 Å². The van der Waals surface area contributed by atoms with Crippen molar-refractivity contribution in [3.8, 4) is 0 Å². The zero-order valence-electron chi connectivity index (χ0n) is 35.9. The Morgan fingerprint density at radius 3 is 1.17 bits per heavy atom. The van der Waals surface area contributed by atoms with Crippen LogP contribution in [0, 0.1) is 5.92 Å². The molecule has 1 heterocycles. The van der Waals surface area contributed by atoms with E-state index in [9.17, 15) is 38.4 Å². The van der Waals surface area contributed by atoms with Gasteiger partial charge in [-0.3, -0.25) is 38.4 Å². The van der Waals surface area contributed by atoms with E-state index in [1.807, 2.05) is 0 Å². The van der Waals surface area contributed by atoms with Crippen LogP contribution in [0.5, 0.6) is 0 Å². The van der Waals surface area contributed by atoms with Crippen LogP contribution in [0.2, 0.25) is 0 Å². The highest BCUT2D eigenvalue weighted by Gasteiger charge is 2.61. The molecule has 1 saturated heterocycles. The molecule has 0 aromatic rings. The summed E-state index contributed by atoms with van der Waals surface area (Å²) in [6.45, 7) is 11.3. The highest BCUT2D eigenvalue weighted by molar-refractivity contribution is 5.71. The maximum atomic E-state index is 13.6. The number of carbonyl (C=O) groups is 8. The van der Waals surface area contributed by atoms with E-state index in [0.717, 1.165) is 80.1 Å². The molecule has 0 aromatic carbocycles. The fourth-order valence-electron chi connectivity index (χ4n) is 7.14. The molecular formula is C41H64O18. The maximum Gasteiger partial charge on any atom is 0.306 e. The van der Waals surface area contributed by atoms with Crippen LogP contribution >= 0.6 is 0 Å². The Hall–Kier alpha value is -4.32. The van der Waals surface area contributed by atoms with Gasteiger partial charge in [-0.25, -0.2) is 0 Å². The fourth-order valence-corrected chi connectivity index (χ4v) is 7.14. The third-order valence-corrected chi connectivity index (χ3v) is 9.43. The van der Waals surface area contributed by atoms with E-state index >= 15 is 0 Å². The molecule has 2 aliphatic rings. The molecule has 0 radical (unpaired) electrons. The zero-order chi connectivity index (χ0) is 44.2. The molecule has 18 heteroatoms. The molecule has 59 heavy (non-hydrogen) atoms. The monoisotopic (exact) mass is 844 g/mol.